The van der Waals surface area contributed by atoms with Crippen LogP contribution in [0.15, 0.2) is 85.0 Å². The second kappa shape index (κ2) is 11.0. The number of allylic oxidation sites excluding steroid dienone is 1. The Morgan fingerprint density at radius 1 is 1.06 bits per heavy atom. The van der Waals surface area contributed by atoms with Gasteiger partial charge in [0.05, 0.1) is 26.4 Å². The second-order valence-electron chi connectivity index (χ2n) is 7.72. The van der Waals surface area contributed by atoms with Crippen LogP contribution in [0.4, 0.5) is 0 Å². The van der Waals surface area contributed by atoms with Crippen LogP contribution in [0.5, 0.6) is 0 Å². The molecule has 1 saturated heterocycles. The van der Waals surface area contributed by atoms with Gasteiger partial charge in [0, 0.05) is 0 Å². The monoisotopic (exact) mass is 422 g/mol. The fourth-order valence-electron chi connectivity index (χ4n) is 3.47. The first-order valence-electron chi connectivity index (χ1n) is 10.5. The maximum Gasteiger partial charge on any atom is 0.341 e. The summed E-state index contributed by atoms with van der Waals surface area (Å²) in [6, 6.07) is 19.5. The van der Waals surface area contributed by atoms with Crippen molar-refractivity contribution < 1.29 is 23.7 Å². The van der Waals surface area contributed by atoms with Crippen LogP contribution in [0.25, 0.3) is 0 Å². The van der Waals surface area contributed by atoms with Gasteiger partial charge >= 0.3 is 5.97 Å². The van der Waals surface area contributed by atoms with E-state index in [1.165, 1.54) is 0 Å². The first-order valence-corrected chi connectivity index (χ1v) is 10.5. The lowest BCUT2D eigenvalue weighted by Gasteiger charge is -2.29. The molecule has 2 aromatic carbocycles. The van der Waals surface area contributed by atoms with Crippen molar-refractivity contribution in [2.75, 3.05) is 13.2 Å². The molecule has 1 aliphatic heterocycles. The largest absolute Gasteiger partial charge is 0.455 e. The molecule has 1 aliphatic rings. The smallest absolute Gasteiger partial charge is 0.341 e. The van der Waals surface area contributed by atoms with Crippen LogP contribution < -0.4 is 0 Å². The molecule has 3 atom stereocenters. The van der Waals surface area contributed by atoms with Crippen LogP contribution in [0, 0.1) is 0 Å². The minimum atomic E-state index is -1.24. The number of hydrogen-bond acceptors (Lipinski definition) is 5. The molecule has 0 N–H and O–H groups in total. The Bertz CT molecular complexity index is 877. The van der Waals surface area contributed by atoms with Gasteiger partial charge in [-0.25, -0.2) is 4.79 Å². The van der Waals surface area contributed by atoms with Crippen LogP contribution >= 0.6 is 0 Å². The quantitative estimate of drug-likeness (QED) is 0.391. The standard InChI is InChI=1S/C26H30O5/c1-4-11-20(2)16-28-19-23-24(29-17-21-12-7-5-8-13-21)26(3,25(27)31-23)30-18-22-14-9-6-10-15-22/h4-15,23-24H,2,16-19H2,1,3H3/b11-4-/t23-,24-,26-/m1/s1. The Morgan fingerprint density at radius 2 is 1.68 bits per heavy atom. The number of cyclic esters (lactones) is 1. The van der Waals surface area contributed by atoms with Crippen molar-refractivity contribution >= 4 is 5.97 Å². The summed E-state index contributed by atoms with van der Waals surface area (Å²) in [6.45, 7) is 8.76. The highest BCUT2D eigenvalue weighted by molar-refractivity contribution is 5.82. The Hall–Kier alpha value is -2.73. The van der Waals surface area contributed by atoms with Gasteiger partial charge in [0.1, 0.15) is 6.10 Å². The highest BCUT2D eigenvalue weighted by Crippen LogP contribution is 2.34. The molecular formula is C26H30O5. The van der Waals surface area contributed by atoms with Gasteiger partial charge < -0.3 is 18.9 Å². The fourth-order valence-corrected chi connectivity index (χ4v) is 3.47. The summed E-state index contributed by atoms with van der Waals surface area (Å²) in [4.78, 5) is 12.8. The molecular weight excluding hydrogens is 392 g/mol. The number of carbonyl (C=O) groups excluding carboxylic acids is 1. The number of esters is 1. The van der Waals surface area contributed by atoms with E-state index in [9.17, 15) is 4.79 Å². The van der Waals surface area contributed by atoms with Crippen molar-refractivity contribution in [1.29, 1.82) is 0 Å². The van der Waals surface area contributed by atoms with Crippen LogP contribution in [-0.4, -0.2) is 37.0 Å². The van der Waals surface area contributed by atoms with Crippen LogP contribution in [0.1, 0.15) is 25.0 Å². The summed E-state index contributed by atoms with van der Waals surface area (Å²) in [5.41, 5.74) is 1.59. The molecule has 31 heavy (non-hydrogen) atoms. The van der Waals surface area contributed by atoms with E-state index in [1.54, 1.807) is 6.92 Å². The van der Waals surface area contributed by atoms with E-state index in [-0.39, 0.29) is 13.2 Å². The van der Waals surface area contributed by atoms with Gasteiger partial charge in [-0.15, -0.1) is 0 Å². The van der Waals surface area contributed by atoms with Crippen LogP contribution in [0.2, 0.25) is 0 Å². The average Bonchev–Trinajstić information content (AvgIpc) is 3.02. The molecule has 2 aromatic rings. The first-order chi connectivity index (χ1) is 15.0. The van der Waals surface area contributed by atoms with E-state index in [0.717, 1.165) is 16.7 Å². The molecule has 5 nitrogen and oxygen atoms in total. The molecule has 0 unspecified atom stereocenters. The molecule has 0 aliphatic carbocycles. The molecule has 0 saturated carbocycles. The zero-order valence-corrected chi connectivity index (χ0v) is 18.2. The molecule has 0 aromatic heterocycles. The molecule has 1 heterocycles. The van der Waals surface area contributed by atoms with E-state index in [2.05, 4.69) is 6.58 Å². The second-order valence-corrected chi connectivity index (χ2v) is 7.72. The van der Waals surface area contributed by atoms with Gasteiger partial charge in [0.15, 0.2) is 11.7 Å². The molecule has 1 fully saturated rings. The first kappa shape index (κ1) is 22.9. The van der Waals surface area contributed by atoms with Crippen LogP contribution in [0.3, 0.4) is 0 Å². The number of ether oxygens (including phenoxy) is 4. The number of carbonyl (C=O) groups is 1. The molecule has 3 rings (SSSR count). The minimum Gasteiger partial charge on any atom is -0.455 e. The number of benzene rings is 2. The molecule has 0 amide bonds. The summed E-state index contributed by atoms with van der Waals surface area (Å²) < 4.78 is 23.7. The topological polar surface area (TPSA) is 54.0 Å². The van der Waals surface area contributed by atoms with E-state index < -0.39 is 23.8 Å². The number of rotatable bonds is 11. The maximum atomic E-state index is 12.8. The van der Waals surface area contributed by atoms with Gasteiger partial charge in [-0.3, -0.25) is 0 Å². The lowest BCUT2D eigenvalue weighted by molar-refractivity contribution is -0.167. The van der Waals surface area contributed by atoms with Crippen molar-refractivity contribution in [1.82, 2.24) is 0 Å². The third-order valence-corrected chi connectivity index (χ3v) is 5.17. The van der Waals surface area contributed by atoms with E-state index in [0.29, 0.717) is 13.2 Å². The van der Waals surface area contributed by atoms with Crippen molar-refractivity contribution in [2.24, 2.45) is 0 Å². The van der Waals surface area contributed by atoms with Gasteiger partial charge in [0.2, 0.25) is 0 Å². The highest BCUT2D eigenvalue weighted by Gasteiger charge is 2.56. The predicted molar refractivity (Wildman–Crippen MR) is 119 cm³/mol. The molecule has 5 heteroatoms. The van der Waals surface area contributed by atoms with Crippen molar-refractivity contribution in [3.63, 3.8) is 0 Å². The molecule has 0 bridgehead atoms. The zero-order chi connectivity index (χ0) is 22.1. The van der Waals surface area contributed by atoms with Crippen molar-refractivity contribution in [2.45, 2.75) is 44.9 Å². The lowest BCUT2D eigenvalue weighted by atomic mass is 9.97. The zero-order valence-electron chi connectivity index (χ0n) is 18.2. The van der Waals surface area contributed by atoms with E-state index >= 15 is 0 Å². The Balaban J connectivity index is 1.71. The van der Waals surface area contributed by atoms with Gasteiger partial charge in [-0.05, 0) is 30.5 Å². The Morgan fingerprint density at radius 3 is 2.29 bits per heavy atom. The Labute approximate surface area is 184 Å². The number of hydrogen-bond donors (Lipinski definition) is 0. The molecule has 0 radical (unpaired) electrons. The predicted octanol–water partition coefficient (Wildman–Crippen LogP) is 4.62. The summed E-state index contributed by atoms with van der Waals surface area (Å²) in [7, 11) is 0. The normalized spacial score (nSPS) is 23.2. The van der Waals surface area contributed by atoms with E-state index in [1.807, 2.05) is 79.7 Å². The minimum absolute atomic E-state index is 0.200. The maximum absolute atomic E-state index is 12.8. The lowest BCUT2D eigenvalue weighted by Crippen LogP contribution is -2.48. The van der Waals surface area contributed by atoms with Crippen molar-refractivity contribution in [3.05, 3.63) is 96.1 Å². The summed E-state index contributed by atoms with van der Waals surface area (Å²) in [6.07, 6.45) is 2.60. The molecule has 0 spiro atoms. The van der Waals surface area contributed by atoms with Gasteiger partial charge in [-0.2, -0.15) is 0 Å². The molecule has 164 valence electrons. The third kappa shape index (κ3) is 6.14. The summed E-state index contributed by atoms with van der Waals surface area (Å²) in [5, 5.41) is 0. The van der Waals surface area contributed by atoms with Gasteiger partial charge in [0.25, 0.3) is 0 Å². The van der Waals surface area contributed by atoms with E-state index in [4.69, 9.17) is 18.9 Å². The summed E-state index contributed by atoms with van der Waals surface area (Å²) in [5.74, 6) is -0.442. The average molecular weight is 423 g/mol. The van der Waals surface area contributed by atoms with Crippen LogP contribution in [-0.2, 0) is 37.0 Å². The van der Waals surface area contributed by atoms with Crippen molar-refractivity contribution in [3.8, 4) is 0 Å². The highest BCUT2D eigenvalue weighted by atomic mass is 16.6. The third-order valence-electron chi connectivity index (χ3n) is 5.17. The summed E-state index contributed by atoms with van der Waals surface area (Å²) >= 11 is 0. The Kier molecular flexibility index (Phi) is 8.18. The fraction of sp³-hybridized carbons (Fsp3) is 0.346. The van der Waals surface area contributed by atoms with Gasteiger partial charge in [-0.1, -0.05) is 79.4 Å². The SMILES string of the molecule is C=C(/C=C\C)COC[C@H]1OC(=O)[C@](C)(OCc2ccccc2)[C@@H]1OCc1ccccc1.